The average molecular weight is 201 g/mol. The van der Waals surface area contributed by atoms with Gasteiger partial charge in [-0.05, 0) is 26.2 Å². The Labute approximate surface area is 84.5 Å². The fraction of sp³-hybridized carbons (Fsp3) is 0.900. The molecule has 82 valence electrons. The van der Waals surface area contributed by atoms with E-state index in [4.69, 9.17) is 5.11 Å². The number of carbonyl (C=O) groups is 1. The minimum absolute atomic E-state index is 0.0460. The molecule has 0 aromatic heterocycles. The highest BCUT2D eigenvalue weighted by Crippen LogP contribution is 2.11. The number of β-amino-alcohol motifs (C(OH)–C–C–N with tert-alkyl or cyclic N) is 1. The van der Waals surface area contributed by atoms with E-state index >= 15 is 0 Å². The molecule has 14 heavy (non-hydrogen) atoms. The van der Waals surface area contributed by atoms with Crippen LogP contribution in [-0.4, -0.2) is 46.3 Å². The van der Waals surface area contributed by atoms with Crippen molar-refractivity contribution in [3.05, 3.63) is 0 Å². The van der Waals surface area contributed by atoms with Crippen molar-refractivity contribution in [1.82, 2.24) is 4.90 Å². The highest BCUT2D eigenvalue weighted by molar-refractivity contribution is 5.76. The highest BCUT2D eigenvalue weighted by atomic mass is 16.3. The van der Waals surface area contributed by atoms with E-state index in [9.17, 15) is 9.90 Å². The Kier molecular flexibility index (Phi) is 4.35. The maximum absolute atomic E-state index is 11.6. The van der Waals surface area contributed by atoms with Crippen LogP contribution in [0.4, 0.5) is 0 Å². The van der Waals surface area contributed by atoms with Crippen LogP contribution < -0.4 is 0 Å². The third-order valence-electron chi connectivity index (χ3n) is 2.53. The van der Waals surface area contributed by atoms with Crippen LogP contribution in [0.15, 0.2) is 0 Å². The van der Waals surface area contributed by atoms with Crippen LogP contribution >= 0.6 is 0 Å². The fourth-order valence-electron chi connectivity index (χ4n) is 1.67. The first-order valence-electron chi connectivity index (χ1n) is 5.23. The second-order valence-corrected chi connectivity index (χ2v) is 4.02. The molecule has 2 N–H and O–H groups in total. The van der Waals surface area contributed by atoms with E-state index in [1.165, 1.54) is 0 Å². The third-order valence-corrected chi connectivity index (χ3v) is 2.53. The summed E-state index contributed by atoms with van der Waals surface area (Å²) in [6, 6.07) is 0. The van der Waals surface area contributed by atoms with E-state index < -0.39 is 6.10 Å². The molecule has 1 unspecified atom stereocenters. The van der Waals surface area contributed by atoms with Crippen LogP contribution in [0.5, 0.6) is 0 Å². The Balaban J connectivity index is 2.29. The van der Waals surface area contributed by atoms with Crippen molar-refractivity contribution in [1.29, 1.82) is 0 Å². The lowest BCUT2D eigenvalue weighted by Crippen LogP contribution is -2.42. The van der Waals surface area contributed by atoms with Crippen LogP contribution in [0.2, 0.25) is 0 Å². The zero-order valence-corrected chi connectivity index (χ0v) is 8.65. The van der Waals surface area contributed by atoms with Crippen molar-refractivity contribution in [3.8, 4) is 0 Å². The van der Waals surface area contributed by atoms with Gasteiger partial charge in [-0.3, -0.25) is 4.79 Å². The summed E-state index contributed by atoms with van der Waals surface area (Å²) in [5.74, 6) is 0.0460. The summed E-state index contributed by atoms with van der Waals surface area (Å²) in [6.45, 7) is 2.88. The van der Waals surface area contributed by atoms with Crippen LogP contribution in [0.1, 0.15) is 32.6 Å². The van der Waals surface area contributed by atoms with Crippen molar-refractivity contribution in [2.75, 3.05) is 13.1 Å². The van der Waals surface area contributed by atoms with Crippen molar-refractivity contribution in [2.24, 2.45) is 0 Å². The largest absolute Gasteiger partial charge is 0.393 e. The molecular formula is C10H19NO3. The molecule has 1 aliphatic heterocycles. The number of hydrogen-bond donors (Lipinski definition) is 2. The van der Waals surface area contributed by atoms with Gasteiger partial charge in [0, 0.05) is 19.5 Å². The number of piperidine rings is 1. The highest BCUT2D eigenvalue weighted by Gasteiger charge is 2.21. The van der Waals surface area contributed by atoms with Gasteiger partial charge in [0.05, 0.1) is 12.2 Å². The predicted molar refractivity (Wildman–Crippen MR) is 52.7 cm³/mol. The smallest absolute Gasteiger partial charge is 0.222 e. The zero-order valence-electron chi connectivity index (χ0n) is 8.65. The normalized spacial score (nSPS) is 24.8. The lowest BCUT2D eigenvalue weighted by atomic mass is 10.1. The van der Waals surface area contributed by atoms with Gasteiger partial charge < -0.3 is 15.1 Å². The molecule has 0 aromatic carbocycles. The maximum Gasteiger partial charge on any atom is 0.222 e. The van der Waals surface area contributed by atoms with Crippen molar-refractivity contribution < 1.29 is 15.0 Å². The Morgan fingerprint density at radius 1 is 1.64 bits per heavy atom. The standard InChI is InChI=1S/C10H19NO3/c1-8(12)4-5-10(14)11-6-2-3-9(13)7-11/h8-9,12-13H,2-7H2,1H3/t8?,9-/m0/s1. The monoisotopic (exact) mass is 201 g/mol. The van der Waals surface area contributed by atoms with Crippen LogP contribution in [0.25, 0.3) is 0 Å². The molecule has 0 aliphatic carbocycles. The molecule has 0 aromatic rings. The zero-order chi connectivity index (χ0) is 10.6. The molecule has 1 rings (SSSR count). The van der Waals surface area contributed by atoms with Gasteiger partial charge in [0.2, 0.25) is 5.91 Å². The molecule has 0 saturated carbocycles. The molecule has 0 bridgehead atoms. The van der Waals surface area contributed by atoms with E-state index in [2.05, 4.69) is 0 Å². The average Bonchev–Trinajstić information content (AvgIpc) is 2.14. The van der Waals surface area contributed by atoms with Crippen LogP contribution in [0.3, 0.4) is 0 Å². The number of likely N-dealkylation sites (tertiary alicyclic amines) is 1. The first kappa shape index (κ1) is 11.5. The Morgan fingerprint density at radius 3 is 2.93 bits per heavy atom. The molecule has 2 atom stereocenters. The molecular weight excluding hydrogens is 182 g/mol. The van der Waals surface area contributed by atoms with Gasteiger partial charge in [0.15, 0.2) is 0 Å². The summed E-state index contributed by atoms with van der Waals surface area (Å²) >= 11 is 0. The number of hydrogen-bond acceptors (Lipinski definition) is 3. The lowest BCUT2D eigenvalue weighted by molar-refractivity contribution is -0.134. The number of carbonyl (C=O) groups excluding carboxylic acids is 1. The molecule has 1 amide bonds. The Bertz CT molecular complexity index is 194. The molecule has 1 aliphatic rings. The molecule has 4 nitrogen and oxygen atoms in total. The maximum atomic E-state index is 11.6. The van der Waals surface area contributed by atoms with E-state index in [0.717, 1.165) is 19.4 Å². The first-order valence-corrected chi connectivity index (χ1v) is 5.23. The predicted octanol–water partition coefficient (Wildman–Crippen LogP) is 0.131. The van der Waals surface area contributed by atoms with Gasteiger partial charge in [0.25, 0.3) is 0 Å². The van der Waals surface area contributed by atoms with Gasteiger partial charge in [0.1, 0.15) is 0 Å². The van der Waals surface area contributed by atoms with E-state index in [1.807, 2.05) is 0 Å². The van der Waals surface area contributed by atoms with E-state index in [-0.39, 0.29) is 12.0 Å². The van der Waals surface area contributed by atoms with Gasteiger partial charge in [-0.1, -0.05) is 0 Å². The van der Waals surface area contributed by atoms with Crippen molar-refractivity contribution >= 4 is 5.91 Å². The molecule has 1 heterocycles. The number of aliphatic hydroxyl groups is 2. The first-order chi connectivity index (χ1) is 6.59. The summed E-state index contributed by atoms with van der Waals surface area (Å²) in [5, 5.41) is 18.4. The summed E-state index contributed by atoms with van der Waals surface area (Å²) in [6.07, 6.45) is 1.77. The van der Waals surface area contributed by atoms with Crippen LogP contribution in [0, 0.1) is 0 Å². The molecule has 0 radical (unpaired) electrons. The molecule has 1 fully saturated rings. The number of rotatable bonds is 3. The molecule has 0 spiro atoms. The van der Waals surface area contributed by atoms with Gasteiger partial charge in [-0.2, -0.15) is 0 Å². The summed E-state index contributed by atoms with van der Waals surface area (Å²) in [7, 11) is 0. The lowest BCUT2D eigenvalue weighted by Gasteiger charge is -2.30. The number of amides is 1. The molecule has 4 heteroatoms. The minimum atomic E-state index is -0.423. The second kappa shape index (κ2) is 5.32. The number of nitrogens with zero attached hydrogens (tertiary/aromatic N) is 1. The van der Waals surface area contributed by atoms with Crippen molar-refractivity contribution in [2.45, 2.75) is 44.8 Å². The van der Waals surface area contributed by atoms with Crippen LogP contribution in [-0.2, 0) is 4.79 Å². The van der Waals surface area contributed by atoms with E-state index in [1.54, 1.807) is 11.8 Å². The van der Waals surface area contributed by atoms with Gasteiger partial charge in [-0.15, -0.1) is 0 Å². The quantitative estimate of drug-likeness (QED) is 0.682. The molecule has 1 saturated heterocycles. The second-order valence-electron chi connectivity index (χ2n) is 4.02. The minimum Gasteiger partial charge on any atom is -0.393 e. The SMILES string of the molecule is CC(O)CCC(=O)N1CCC[C@H](O)C1. The summed E-state index contributed by atoms with van der Waals surface area (Å²) < 4.78 is 0. The Morgan fingerprint density at radius 2 is 2.36 bits per heavy atom. The van der Waals surface area contributed by atoms with Crippen molar-refractivity contribution in [3.63, 3.8) is 0 Å². The topological polar surface area (TPSA) is 60.8 Å². The summed E-state index contributed by atoms with van der Waals surface area (Å²) in [5.41, 5.74) is 0. The van der Waals surface area contributed by atoms with Gasteiger partial charge in [-0.25, -0.2) is 0 Å². The summed E-state index contributed by atoms with van der Waals surface area (Å²) in [4.78, 5) is 13.2. The van der Waals surface area contributed by atoms with E-state index in [0.29, 0.717) is 19.4 Å². The number of aliphatic hydroxyl groups excluding tert-OH is 2. The van der Waals surface area contributed by atoms with Gasteiger partial charge >= 0.3 is 0 Å². The fourth-order valence-corrected chi connectivity index (χ4v) is 1.67. The third kappa shape index (κ3) is 3.64. The Hall–Kier alpha value is -0.610.